The maximum absolute atomic E-state index is 13.9. The Labute approximate surface area is 210 Å². The van der Waals surface area contributed by atoms with Crippen molar-refractivity contribution in [3.05, 3.63) is 47.2 Å². The number of rotatable bonds is 5. The maximum atomic E-state index is 13.9. The number of amides is 2. The second-order valence-corrected chi connectivity index (χ2v) is 10.8. The van der Waals surface area contributed by atoms with Crippen molar-refractivity contribution in [2.75, 3.05) is 37.4 Å². The molecule has 0 aliphatic carbocycles. The van der Waals surface area contributed by atoms with Crippen molar-refractivity contribution in [3.8, 4) is 11.3 Å². The number of aromatic nitrogens is 3. The molecule has 4 aromatic rings. The van der Waals surface area contributed by atoms with Crippen molar-refractivity contribution < 1.29 is 14.0 Å². The van der Waals surface area contributed by atoms with Crippen LogP contribution < -0.4 is 10.2 Å². The molecule has 0 bridgehead atoms. The van der Waals surface area contributed by atoms with Gasteiger partial charge in [-0.1, -0.05) is 23.5 Å². The minimum atomic E-state index is -0.388. The van der Waals surface area contributed by atoms with Crippen molar-refractivity contribution in [1.29, 1.82) is 0 Å². The van der Waals surface area contributed by atoms with Gasteiger partial charge in [0.2, 0.25) is 5.91 Å². The molecule has 1 fully saturated rings. The number of anilines is 2. The average Bonchev–Trinajstić information content (AvgIpc) is 3.52. The lowest BCUT2D eigenvalue weighted by Crippen LogP contribution is -2.40. The molecule has 0 atom stereocenters. The van der Waals surface area contributed by atoms with E-state index in [4.69, 9.17) is 4.98 Å². The minimum absolute atomic E-state index is 0.0784. The first-order valence-electron chi connectivity index (χ1n) is 11.3. The zero-order valence-electron chi connectivity index (χ0n) is 19.6. The number of carbonyl (C=O) groups is 2. The van der Waals surface area contributed by atoms with Gasteiger partial charge in [0.15, 0.2) is 10.9 Å². The first-order chi connectivity index (χ1) is 16.8. The summed E-state index contributed by atoms with van der Waals surface area (Å²) < 4.78 is 16.4. The van der Waals surface area contributed by atoms with Crippen LogP contribution >= 0.6 is 22.7 Å². The van der Waals surface area contributed by atoms with Gasteiger partial charge in [-0.3, -0.25) is 14.3 Å². The molecular formula is C24H25FN6O2S2. The van der Waals surface area contributed by atoms with Crippen LogP contribution in [-0.4, -0.2) is 58.7 Å². The Morgan fingerprint density at radius 2 is 1.86 bits per heavy atom. The molecule has 1 aliphatic rings. The van der Waals surface area contributed by atoms with Gasteiger partial charge >= 0.3 is 0 Å². The van der Waals surface area contributed by atoms with Gasteiger partial charge < -0.3 is 15.1 Å². The molecule has 0 spiro atoms. The molecule has 11 heteroatoms. The summed E-state index contributed by atoms with van der Waals surface area (Å²) >= 11 is 2.93. The summed E-state index contributed by atoms with van der Waals surface area (Å²) in [6.45, 7) is 1.60. The van der Waals surface area contributed by atoms with Gasteiger partial charge in [0, 0.05) is 51.4 Å². The number of thiazole rings is 1. The fraction of sp³-hybridized carbons (Fsp3) is 0.333. The van der Waals surface area contributed by atoms with E-state index in [2.05, 4.69) is 15.3 Å². The van der Waals surface area contributed by atoms with Crippen molar-refractivity contribution in [1.82, 2.24) is 19.7 Å². The number of hydrogen-bond donors (Lipinski definition) is 1. The van der Waals surface area contributed by atoms with E-state index in [0.29, 0.717) is 16.1 Å². The van der Waals surface area contributed by atoms with Crippen LogP contribution in [0.1, 0.15) is 22.5 Å². The number of aryl methyl sites for hydroxylation is 1. The van der Waals surface area contributed by atoms with E-state index >= 15 is 0 Å². The monoisotopic (exact) mass is 512 g/mol. The number of carbonyl (C=O) groups excluding carboxylic acids is 2. The zero-order chi connectivity index (χ0) is 24.7. The molecule has 8 nitrogen and oxygen atoms in total. The lowest BCUT2D eigenvalue weighted by atomic mass is 9.96. The number of benzene rings is 1. The number of thiophene rings is 1. The average molecular weight is 513 g/mol. The van der Waals surface area contributed by atoms with E-state index < -0.39 is 0 Å². The van der Waals surface area contributed by atoms with Crippen molar-refractivity contribution in [2.24, 2.45) is 13.0 Å². The molecule has 5 rings (SSSR count). The van der Waals surface area contributed by atoms with Crippen molar-refractivity contribution in [3.63, 3.8) is 0 Å². The van der Waals surface area contributed by atoms with Crippen molar-refractivity contribution >= 4 is 54.8 Å². The number of piperidine rings is 1. The normalized spacial score (nSPS) is 14.5. The lowest BCUT2D eigenvalue weighted by molar-refractivity contribution is -0.133. The Morgan fingerprint density at radius 1 is 1.14 bits per heavy atom. The highest BCUT2D eigenvalue weighted by Gasteiger charge is 2.27. The van der Waals surface area contributed by atoms with Gasteiger partial charge in [0.25, 0.3) is 5.91 Å². The van der Waals surface area contributed by atoms with E-state index in [1.807, 2.05) is 6.07 Å². The SMILES string of the molecule is CN(C)C(=O)C1CCN(c2nc3sc(C(=O)Nc4ccc(-c5nn(C)cc5F)cc4)cc3s2)CC1. The lowest BCUT2D eigenvalue weighted by Gasteiger charge is -2.32. The first-order valence-corrected chi connectivity index (χ1v) is 12.9. The molecule has 1 saturated heterocycles. The Bertz CT molecular complexity index is 1350. The predicted octanol–water partition coefficient (Wildman–Crippen LogP) is 4.45. The highest BCUT2D eigenvalue weighted by Crippen LogP contribution is 2.36. The van der Waals surface area contributed by atoms with Crippen LogP contribution in [0.25, 0.3) is 20.8 Å². The summed E-state index contributed by atoms with van der Waals surface area (Å²) in [6.07, 6.45) is 2.97. The van der Waals surface area contributed by atoms with Crippen LogP contribution in [0.5, 0.6) is 0 Å². The third-order valence-electron chi connectivity index (χ3n) is 6.06. The van der Waals surface area contributed by atoms with Gasteiger partial charge in [0.1, 0.15) is 10.5 Å². The van der Waals surface area contributed by atoms with E-state index in [0.717, 1.165) is 40.6 Å². The fourth-order valence-electron chi connectivity index (χ4n) is 4.21. The van der Waals surface area contributed by atoms with Crippen LogP contribution in [0, 0.1) is 11.7 Å². The summed E-state index contributed by atoms with van der Waals surface area (Å²) in [4.78, 5) is 35.1. The van der Waals surface area contributed by atoms with E-state index in [-0.39, 0.29) is 29.2 Å². The Morgan fingerprint density at radius 3 is 2.46 bits per heavy atom. The highest BCUT2D eigenvalue weighted by atomic mass is 32.1. The second kappa shape index (κ2) is 9.38. The smallest absolute Gasteiger partial charge is 0.265 e. The quantitative estimate of drug-likeness (QED) is 0.427. The fourth-order valence-corrected chi connectivity index (χ4v) is 6.37. The van der Waals surface area contributed by atoms with Gasteiger partial charge in [-0.25, -0.2) is 9.37 Å². The van der Waals surface area contributed by atoms with Crippen LogP contribution in [0.2, 0.25) is 0 Å². The van der Waals surface area contributed by atoms with Crippen LogP contribution in [0.15, 0.2) is 36.5 Å². The molecule has 2 amide bonds. The molecule has 182 valence electrons. The summed E-state index contributed by atoms with van der Waals surface area (Å²) in [6, 6.07) is 8.81. The predicted molar refractivity (Wildman–Crippen MR) is 138 cm³/mol. The van der Waals surface area contributed by atoms with Crippen LogP contribution in [-0.2, 0) is 11.8 Å². The number of nitrogens with one attached hydrogen (secondary N) is 1. The standard InChI is InChI=1S/C24H25FN6O2S2/c1-29(2)23(33)15-8-10-31(11-9-15)24-27-22-19(35-24)12-18(34-22)21(32)26-16-6-4-14(5-7-16)20-17(25)13-30(3)28-20/h4-7,12-13,15H,8-11H2,1-3H3,(H,26,32). The molecule has 1 aromatic carbocycles. The second-order valence-electron chi connectivity index (χ2n) is 8.80. The third kappa shape index (κ3) is 4.78. The number of nitrogens with zero attached hydrogens (tertiary/aromatic N) is 5. The zero-order valence-corrected chi connectivity index (χ0v) is 21.2. The molecule has 4 heterocycles. The highest BCUT2D eigenvalue weighted by molar-refractivity contribution is 7.29. The largest absolute Gasteiger partial charge is 0.349 e. The molecule has 0 unspecified atom stereocenters. The molecule has 0 saturated carbocycles. The molecule has 1 N–H and O–H groups in total. The Kier molecular flexibility index (Phi) is 6.28. The molecule has 35 heavy (non-hydrogen) atoms. The van der Waals surface area contributed by atoms with E-state index in [1.165, 1.54) is 22.2 Å². The number of halogens is 1. The van der Waals surface area contributed by atoms with Crippen LogP contribution in [0.4, 0.5) is 15.2 Å². The minimum Gasteiger partial charge on any atom is -0.349 e. The number of hydrogen-bond acceptors (Lipinski definition) is 7. The summed E-state index contributed by atoms with van der Waals surface area (Å²) in [7, 11) is 5.27. The van der Waals surface area contributed by atoms with E-state index in [9.17, 15) is 14.0 Å². The van der Waals surface area contributed by atoms with Crippen molar-refractivity contribution in [2.45, 2.75) is 12.8 Å². The molecule has 1 aliphatic heterocycles. The number of fused-ring (bicyclic) bond motifs is 1. The van der Waals surface area contributed by atoms with Gasteiger partial charge in [-0.05, 0) is 31.0 Å². The maximum Gasteiger partial charge on any atom is 0.265 e. The first kappa shape index (κ1) is 23.4. The summed E-state index contributed by atoms with van der Waals surface area (Å²) in [5.41, 5.74) is 1.54. The Balaban J connectivity index is 1.22. The van der Waals surface area contributed by atoms with E-state index in [1.54, 1.807) is 61.6 Å². The van der Waals surface area contributed by atoms with Gasteiger partial charge in [-0.2, -0.15) is 5.10 Å². The van der Waals surface area contributed by atoms with Gasteiger partial charge in [0.05, 0.1) is 15.8 Å². The topological polar surface area (TPSA) is 83.4 Å². The third-order valence-corrected chi connectivity index (χ3v) is 8.28. The van der Waals surface area contributed by atoms with Gasteiger partial charge in [-0.15, -0.1) is 11.3 Å². The summed E-state index contributed by atoms with van der Waals surface area (Å²) in [5, 5.41) is 7.95. The molecular weight excluding hydrogens is 487 g/mol. The molecule has 0 radical (unpaired) electrons. The Hall–Kier alpha value is -3.31. The molecule has 3 aromatic heterocycles. The van der Waals surface area contributed by atoms with Crippen LogP contribution in [0.3, 0.4) is 0 Å². The summed E-state index contributed by atoms with van der Waals surface area (Å²) in [5.74, 6) is -0.323.